The molecule has 1 heterocycles. The minimum Gasteiger partial charge on any atom is -0.465 e. The van der Waals surface area contributed by atoms with Crippen LogP contribution in [-0.4, -0.2) is 21.5 Å². The van der Waals surface area contributed by atoms with E-state index < -0.39 is 20.7 Å². The van der Waals surface area contributed by atoms with Crippen molar-refractivity contribution >= 4 is 59.0 Å². The zero-order chi connectivity index (χ0) is 18.4. The van der Waals surface area contributed by atoms with Crippen LogP contribution in [0.15, 0.2) is 61.3 Å². The van der Waals surface area contributed by atoms with Gasteiger partial charge in [-0.1, -0.05) is 31.9 Å². The molecule has 0 atom stereocenters. The number of esters is 1. The first-order chi connectivity index (χ1) is 11.8. The number of fused-ring (bicyclic) bond motifs is 1. The first-order valence-corrected chi connectivity index (χ1v) is 10.2. The summed E-state index contributed by atoms with van der Waals surface area (Å²) in [6.45, 7) is 1.93. The number of sulfone groups is 1. The highest BCUT2D eigenvalue weighted by atomic mass is 79.9. The number of carbonyl (C=O) groups is 1. The first kappa shape index (κ1) is 18.2. The zero-order valence-corrected chi connectivity index (χ0v) is 17.3. The lowest BCUT2D eigenvalue weighted by atomic mass is 10.2. The Balaban J connectivity index is 2.30. The van der Waals surface area contributed by atoms with Gasteiger partial charge in [-0.15, -0.1) is 0 Å². The van der Waals surface area contributed by atoms with Crippen molar-refractivity contribution < 1.29 is 17.9 Å². The highest BCUT2D eigenvalue weighted by molar-refractivity contribution is 9.10. The van der Waals surface area contributed by atoms with E-state index in [2.05, 4.69) is 36.6 Å². The number of rotatable bonds is 2. The Hall–Kier alpha value is -1.64. The number of aryl methyl sites for hydroxylation is 1. The Morgan fingerprint density at radius 2 is 1.84 bits per heavy atom. The quantitative estimate of drug-likeness (QED) is 0.586. The van der Waals surface area contributed by atoms with Gasteiger partial charge in [0.2, 0.25) is 9.84 Å². The maximum atomic E-state index is 12.8. The molecule has 1 aliphatic rings. The molecule has 0 spiro atoms. The van der Waals surface area contributed by atoms with E-state index in [1.54, 1.807) is 17.0 Å². The van der Waals surface area contributed by atoms with Gasteiger partial charge in [-0.3, -0.25) is 0 Å². The summed E-state index contributed by atoms with van der Waals surface area (Å²) in [7, 11) is -2.80. The molecular formula is C17H13Br2NO4S. The third-order valence-electron chi connectivity index (χ3n) is 3.81. The fourth-order valence-corrected chi connectivity index (χ4v) is 4.60. The summed E-state index contributed by atoms with van der Waals surface area (Å²) < 4.78 is 31.9. The number of halogens is 2. The molecule has 0 radical (unpaired) electrons. The number of hydrogen-bond acceptors (Lipinski definition) is 5. The van der Waals surface area contributed by atoms with Crippen LogP contribution in [0.5, 0.6) is 0 Å². The molecule has 130 valence electrons. The summed E-state index contributed by atoms with van der Waals surface area (Å²) in [4.78, 5) is 13.4. The van der Waals surface area contributed by atoms with Crippen LogP contribution in [0.2, 0.25) is 0 Å². The van der Waals surface area contributed by atoms with Gasteiger partial charge in [-0.05, 0) is 48.9 Å². The Labute approximate surface area is 162 Å². The second kappa shape index (κ2) is 6.59. The molecule has 8 heteroatoms. The highest BCUT2D eigenvalue weighted by Gasteiger charge is 2.36. The van der Waals surface area contributed by atoms with E-state index in [1.807, 2.05) is 25.1 Å². The fourth-order valence-electron chi connectivity index (χ4n) is 2.54. The van der Waals surface area contributed by atoms with E-state index in [9.17, 15) is 13.2 Å². The van der Waals surface area contributed by atoms with Crippen LogP contribution in [0.25, 0.3) is 0 Å². The molecule has 0 bridgehead atoms. The largest absolute Gasteiger partial charge is 0.465 e. The zero-order valence-electron chi connectivity index (χ0n) is 13.3. The van der Waals surface area contributed by atoms with E-state index >= 15 is 0 Å². The molecule has 0 unspecified atom stereocenters. The van der Waals surface area contributed by atoms with Crippen molar-refractivity contribution in [2.45, 2.75) is 11.8 Å². The molecule has 0 amide bonds. The van der Waals surface area contributed by atoms with Gasteiger partial charge in [-0.2, -0.15) is 0 Å². The second-order valence-electron chi connectivity index (χ2n) is 5.40. The topological polar surface area (TPSA) is 63.7 Å². The van der Waals surface area contributed by atoms with Crippen molar-refractivity contribution in [2.75, 3.05) is 12.0 Å². The molecule has 0 aromatic heterocycles. The number of methoxy groups -OCH3 is 1. The molecule has 0 aliphatic carbocycles. The molecular weight excluding hydrogens is 474 g/mol. The van der Waals surface area contributed by atoms with Gasteiger partial charge in [0, 0.05) is 20.8 Å². The fraction of sp³-hybridized carbons (Fsp3) is 0.118. The van der Waals surface area contributed by atoms with Crippen LogP contribution < -0.4 is 4.90 Å². The van der Waals surface area contributed by atoms with E-state index in [4.69, 9.17) is 0 Å². The van der Waals surface area contributed by atoms with Gasteiger partial charge in [0.1, 0.15) is 0 Å². The van der Waals surface area contributed by atoms with Crippen LogP contribution in [0, 0.1) is 6.92 Å². The molecule has 1 aliphatic heterocycles. The average molecular weight is 487 g/mol. The number of hydrogen-bond donors (Lipinski definition) is 0. The minimum absolute atomic E-state index is 0.0548. The van der Waals surface area contributed by atoms with Crippen molar-refractivity contribution in [1.29, 1.82) is 0 Å². The lowest BCUT2D eigenvalue weighted by Gasteiger charge is -2.29. The number of nitrogens with zero attached hydrogens (tertiary/aromatic N) is 1. The molecule has 2 aromatic carbocycles. The van der Waals surface area contributed by atoms with Crippen LogP contribution in [-0.2, 0) is 19.4 Å². The maximum Gasteiger partial charge on any atom is 0.351 e. The second-order valence-corrected chi connectivity index (χ2v) is 9.06. The monoisotopic (exact) mass is 485 g/mol. The average Bonchev–Trinajstić information content (AvgIpc) is 2.56. The first-order valence-electron chi connectivity index (χ1n) is 7.16. The highest BCUT2D eigenvalue weighted by Crippen LogP contribution is 2.41. The van der Waals surface area contributed by atoms with Gasteiger partial charge >= 0.3 is 5.97 Å². The van der Waals surface area contributed by atoms with Gasteiger partial charge in [-0.25, -0.2) is 13.2 Å². The van der Waals surface area contributed by atoms with Crippen LogP contribution in [0.4, 0.5) is 11.4 Å². The third kappa shape index (κ3) is 3.14. The van der Waals surface area contributed by atoms with Crippen molar-refractivity contribution in [2.24, 2.45) is 0 Å². The predicted octanol–water partition coefficient (Wildman–Crippen LogP) is 4.46. The van der Waals surface area contributed by atoms with Crippen molar-refractivity contribution in [3.8, 4) is 0 Å². The summed E-state index contributed by atoms with van der Waals surface area (Å²) in [5, 5.41) is 0. The third-order valence-corrected chi connectivity index (χ3v) is 6.97. The van der Waals surface area contributed by atoms with Crippen LogP contribution in [0.3, 0.4) is 0 Å². The lowest BCUT2D eigenvalue weighted by Crippen LogP contribution is -2.26. The maximum absolute atomic E-state index is 12.8. The molecule has 25 heavy (non-hydrogen) atoms. The number of anilines is 2. The number of benzene rings is 2. The SMILES string of the molecule is COC(=O)C1=CN(c2ccc(Br)c(C)c2)c2cc(Br)ccc2S1(=O)=O. The molecule has 2 aromatic rings. The Morgan fingerprint density at radius 1 is 1.12 bits per heavy atom. The van der Waals surface area contributed by atoms with Crippen LogP contribution in [0.1, 0.15) is 5.56 Å². The van der Waals surface area contributed by atoms with E-state index in [0.717, 1.165) is 27.3 Å². The molecule has 0 saturated heterocycles. The number of ether oxygens (including phenoxy) is 1. The van der Waals surface area contributed by atoms with Gasteiger partial charge in [0.05, 0.1) is 17.7 Å². The van der Waals surface area contributed by atoms with E-state index in [0.29, 0.717) is 5.69 Å². The molecule has 0 N–H and O–H groups in total. The summed E-state index contributed by atoms with van der Waals surface area (Å²) in [6.07, 6.45) is 1.30. The van der Waals surface area contributed by atoms with Crippen molar-refractivity contribution in [1.82, 2.24) is 0 Å². The smallest absolute Gasteiger partial charge is 0.351 e. The van der Waals surface area contributed by atoms with Gasteiger partial charge in [0.15, 0.2) is 4.91 Å². The summed E-state index contributed by atoms with van der Waals surface area (Å²) in [5.41, 5.74) is 2.18. The standard InChI is InChI=1S/C17H13Br2NO4S/c1-10-7-12(4-5-13(10)19)20-9-16(17(21)24-2)25(22,23)15-6-3-11(18)8-14(15)20/h3-9H,1-2H3. The molecule has 0 saturated carbocycles. The van der Waals surface area contributed by atoms with Gasteiger partial charge < -0.3 is 9.64 Å². The van der Waals surface area contributed by atoms with E-state index in [1.165, 1.54) is 12.3 Å². The summed E-state index contributed by atoms with van der Waals surface area (Å²) in [5.74, 6) is -0.896. The summed E-state index contributed by atoms with van der Waals surface area (Å²) >= 11 is 6.82. The molecule has 5 nitrogen and oxygen atoms in total. The normalized spacial score (nSPS) is 15.4. The molecule has 0 fully saturated rings. The number of carbonyl (C=O) groups excluding carboxylic acids is 1. The molecule has 3 rings (SSSR count). The Kier molecular flexibility index (Phi) is 4.78. The van der Waals surface area contributed by atoms with Gasteiger partial charge in [0.25, 0.3) is 0 Å². The summed E-state index contributed by atoms with van der Waals surface area (Å²) in [6, 6.07) is 10.4. The lowest BCUT2D eigenvalue weighted by molar-refractivity contribution is -0.135. The van der Waals surface area contributed by atoms with Crippen molar-refractivity contribution in [3.05, 3.63) is 62.0 Å². The Morgan fingerprint density at radius 3 is 2.48 bits per heavy atom. The van der Waals surface area contributed by atoms with Crippen molar-refractivity contribution in [3.63, 3.8) is 0 Å². The predicted molar refractivity (Wildman–Crippen MR) is 102 cm³/mol. The Bertz CT molecular complexity index is 1020. The van der Waals surface area contributed by atoms with E-state index in [-0.39, 0.29) is 4.90 Å². The van der Waals surface area contributed by atoms with Crippen LogP contribution >= 0.6 is 31.9 Å². The minimum atomic E-state index is -3.96.